The van der Waals surface area contributed by atoms with Gasteiger partial charge in [0.2, 0.25) is 0 Å². The van der Waals surface area contributed by atoms with Crippen LogP contribution in [0, 0.1) is 6.92 Å². The van der Waals surface area contributed by atoms with Crippen molar-refractivity contribution < 1.29 is 4.52 Å². The fraction of sp³-hybridized carbons (Fsp3) is 0.636. The summed E-state index contributed by atoms with van der Waals surface area (Å²) in [6, 6.07) is 0. The van der Waals surface area contributed by atoms with Crippen molar-refractivity contribution in [2.24, 2.45) is 4.99 Å². The predicted octanol–water partition coefficient (Wildman–Crippen LogP) is 0.936. The van der Waals surface area contributed by atoms with E-state index in [0.29, 0.717) is 0 Å². The van der Waals surface area contributed by atoms with Crippen LogP contribution in [-0.2, 0) is 13.0 Å². The Balaban J connectivity index is 2.01. The number of likely N-dealkylation sites (N-methyl/N-ethyl adjacent to an activating group) is 1. The number of aromatic nitrogens is 1. The van der Waals surface area contributed by atoms with Crippen LogP contribution in [0.1, 0.15) is 23.9 Å². The average molecular weight is 222 g/mol. The van der Waals surface area contributed by atoms with Crippen molar-refractivity contribution in [2.75, 3.05) is 20.1 Å². The van der Waals surface area contributed by atoms with E-state index in [4.69, 9.17) is 4.52 Å². The number of guanidine groups is 1. The molecule has 0 saturated carbocycles. The minimum atomic E-state index is 0.738. The summed E-state index contributed by atoms with van der Waals surface area (Å²) in [6.45, 7) is 6.64. The molecule has 1 N–H and O–H groups in total. The van der Waals surface area contributed by atoms with E-state index in [-0.39, 0.29) is 0 Å². The lowest BCUT2D eigenvalue weighted by molar-refractivity contribution is 0.390. The number of aliphatic imine (C=N–C) groups is 1. The van der Waals surface area contributed by atoms with E-state index >= 15 is 0 Å². The molecular weight excluding hydrogens is 204 g/mol. The monoisotopic (exact) mass is 222 g/mol. The molecular formula is C11H18N4O. The molecule has 0 bridgehead atoms. The van der Waals surface area contributed by atoms with Gasteiger partial charge in [-0.3, -0.25) is 4.99 Å². The largest absolute Gasteiger partial charge is 0.361 e. The van der Waals surface area contributed by atoms with E-state index in [9.17, 15) is 0 Å². The summed E-state index contributed by atoms with van der Waals surface area (Å²) in [5.74, 6) is 1.85. The van der Waals surface area contributed by atoms with Crippen LogP contribution in [0.4, 0.5) is 0 Å². The van der Waals surface area contributed by atoms with Gasteiger partial charge in [0, 0.05) is 25.7 Å². The Morgan fingerprint density at radius 3 is 2.94 bits per heavy atom. The molecule has 1 aromatic heterocycles. The third-order valence-electron chi connectivity index (χ3n) is 2.88. The first-order chi connectivity index (χ1) is 7.72. The summed E-state index contributed by atoms with van der Waals surface area (Å²) in [5, 5.41) is 7.36. The van der Waals surface area contributed by atoms with E-state index in [0.717, 1.165) is 49.0 Å². The maximum atomic E-state index is 5.19. The number of nitrogens with zero attached hydrogens (tertiary/aromatic N) is 3. The first kappa shape index (κ1) is 11.0. The van der Waals surface area contributed by atoms with Gasteiger partial charge in [0.1, 0.15) is 5.76 Å². The van der Waals surface area contributed by atoms with Gasteiger partial charge in [-0.1, -0.05) is 12.1 Å². The SMILES string of the molecule is CCc1noc(C)c1CNC1=NCCN1C. The fourth-order valence-electron chi connectivity index (χ4n) is 1.83. The van der Waals surface area contributed by atoms with Crippen LogP contribution in [0.2, 0.25) is 0 Å². The second kappa shape index (κ2) is 4.55. The van der Waals surface area contributed by atoms with Crippen LogP contribution in [0.5, 0.6) is 0 Å². The summed E-state index contributed by atoms with van der Waals surface area (Å²) < 4.78 is 5.19. The van der Waals surface area contributed by atoms with Crippen LogP contribution in [0.25, 0.3) is 0 Å². The van der Waals surface area contributed by atoms with E-state index < -0.39 is 0 Å². The highest BCUT2D eigenvalue weighted by molar-refractivity contribution is 5.81. The summed E-state index contributed by atoms with van der Waals surface area (Å²) in [5.41, 5.74) is 2.19. The lowest BCUT2D eigenvalue weighted by atomic mass is 10.1. The summed E-state index contributed by atoms with van der Waals surface area (Å²) in [7, 11) is 2.04. The highest BCUT2D eigenvalue weighted by Gasteiger charge is 2.15. The van der Waals surface area contributed by atoms with Crippen molar-refractivity contribution in [1.29, 1.82) is 0 Å². The predicted molar refractivity (Wildman–Crippen MR) is 62.4 cm³/mol. The highest BCUT2D eigenvalue weighted by Crippen LogP contribution is 2.13. The molecule has 88 valence electrons. The minimum Gasteiger partial charge on any atom is -0.361 e. The zero-order valence-electron chi connectivity index (χ0n) is 10.1. The highest BCUT2D eigenvalue weighted by atomic mass is 16.5. The van der Waals surface area contributed by atoms with Gasteiger partial charge in [0.05, 0.1) is 12.2 Å². The Morgan fingerprint density at radius 1 is 1.50 bits per heavy atom. The van der Waals surface area contributed by atoms with Gasteiger partial charge in [-0.2, -0.15) is 0 Å². The average Bonchev–Trinajstić information content (AvgIpc) is 2.82. The van der Waals surface area contributed by atoms with E-state index in [1.807, 2.05) is 14.0 Å². The molecule has 0 radical (unpaired) electrons. The van der Waals surface area contributed by atoms with Gasteiger partial charge in [-0.05, 0) is 13.3 Å². The Labute approximate surface area is 95.5 Å². The molecule has 2 rings (SSSR count). The Morgan fingerprint density at radius 2 is 2.31 bits per heavy atom. The van der Waals surface area contributed by atoms with Crippen LogP contribution in [-0.4, -0.2) is 36.2 Å². The molecule has 0 unspecified atom stereocenters. The summed E-state index contributed by atoms with van der Waals surface area (Å²) >= 11 is 0. The first-order valence-electron chi connectivity index (χ1n) is 5.65. The van der Waals surface area contributed by atoms with Crippen LogP contribution in [0.15, 0.2) is 9.52 Å². The number of aryl methyl sites for hydroxylation is 2. The Bertz CT molecular complexity index is 397. The molecule has 1 aliphatic heterocycles. The molecule has 1 aromatic rings. The number of hydrogen-bond donors (Lipinski definition) is 1. The van der Waals surface area contributed by atoms with Crippen molar-refractivity contribution in [3.63, 3.8) is 0 Å². The van der Waals surface area contributed by atoms with E-state index in [1.165, 1.54) is 0 Å². The second-order valence-electron chi connectivity index (χ2n) is 4.00. The molecule has 0 aromatic carbocycles. The number of rotatable bonds is 3. The molecule has 0 fully saturated rings. The molecule has 2 heterocycles. The normalized spacial score (nSPS) is 15.4. The fourth-order valence-corrected chi connectivity index (χ4v) is 1.83. The van der Waals surface area contributed by atoms with Gasteiger partial charge in [0.15, 0.2) is 5.96 Å². The molecule has 0 atom stereocenters. The molecule has 0 amide bonds. The Hall–Kier alpha value is -1.52. The number of nitrogens with one attached hydrogen (secondary N) is 1. The maximum Gasteiger partial charge on any atom is 0.194 e. The molecule has 0 saturated heterocycles. The van der Waals surface area contributed by atoms with Crippen molar-refractivity contribution in [3.05, 3.63) is 17.0 Å². The van der Waals surface area contributed by atoms with Gasteiger partial charge in [-0.15, -0.1) is 0 Å². The van der Waals surface area contributed by atoms with Crippen molar-refractivity contribution in [2.45, 2.75) is 26.8 Å². The topological polar surface area (TPSA) is 53.7 Å². The zero-order valence-corrected chi connectivity index (χ0v) is 10.1. The molecule has 1 aliphatic rings. The zero-order chi connectivity index (χ0) is 11.5. The van der Waals surface area contributed by atoms with Crippen LogP contribution in [0.3, 0.4) is 0 Å². The summed E-state index contributed by atoms with van der Waals surface area (Å²) in [4.78, 5) is 6.50. The molecule has 5 nitrogen and oxygen atoms in total. The van der Waals surface area contributed by atoms with Gasteiger partial charge in [0.25, 0.3) is 0 Å². The standard InChI is InChI=1S/C11H18N4O/c1-4-10-9(8(2)16-14-10)7-13-11-12-5-6-15(11)3/h4-7H2,1-3H3,(H,12,13). The van der Waals surface area contributed by atoms with Crippen LogP contribution < -0.4 is 5.32 Å². The van der Waals surface area contributed by atoms with Crippen molar-refractivity contribution >= 4 is 5.96 Å². The second-order valence-corrected chi connectivity index (χ2v) is 4.00. The van der Waals surface area contributed by atoms with Gasteiger partial charge >= 0.3 is 0 Å². The lowest BCUT2D eigenvalue weighted by Crippen LogP contribution is -2.35. The van der Waals surface area contributed by atoms with Gasteiger partial charge in [-0.25, -0.2) is 0 Å². The lowest BCUT2D eigenvalue weighted by Gasteiger charge is -2.15. The van der Waals surface area contributed by atoms with Crippen molar-refractivity contribution in [1.82, 2.24) is 15.4 Å². The third-order valence-corrected chi connectivity index (χ3v) is 2.88. The van der Waals surface area contributed by atoms with Crippen molar-refractivity contribution in [3.8, 4) is 0 Å². The smallest absolute Gasteiger partial charge is 0.194 e. The molecule has 0 spiro atoms. The third kappa shape index (κ3) is 2.03. The van der Waals surface area contributed by atoms with Gasteiger partial charge < -0.3 is 14.7 Å². The van der Waals surface area contributed by atoms with E-state index in [1.54, 1.807) is 0 Å². The minimum absolute atomic E-state index is 0.738. The van der Waals surface area contributed by atoms with E-state index in [2.05, 4.69) is 27.3 Å². The molecule has 16 heavy (non-hydrogen) atoms. The summed E-state index contributed by atoms with van der Waals surface area (Å²) in [6.07, 6.45) is 0.899. The first-order valence-corrected chi connectivity index (χ1v) is 5.65. The maximum absolute atomic E-state index is 5.19. The molecule has 0 aliphatic carbocycles. The quantitative estimate of drug-likeness (QED) is 0.827. The molecule has 5 heteroatoms. The Kier molecular flexibility index (Phi) is 3.12. The van der Waals surface area contributed by atoms with Crippen LogP contribution >= 0.6 is 0 Å². The number of hydrogen-bond acceptors (Lipinski definition) is 5.